The van der Waals surface area contributed by atoms with Gasteiger partial charge in [-0.3, -0.25) is 9.59 Å². The lowest BCUT2D eigenvalue weighted by Gasteiger charge is -2.18. The van der Waals surface area contributed by atoms with Gasteiger partial charge in [0.15, 0.2) is 0 Å². The van der Waals surface area contributed by atoms with Crippen LogP contribution in [0.25, 0.3) is 0 Å². The minimum absolute atomic E-state index is 0.00433. The second-order valence-electron chi connectivity index (χ2n) is 3.96. The third kappa shape index (κ3) is 3.87. The molecule has 0 N–H and O–H groups in total. The molecule has 0 aromatic heterocycles. The molecule has 1 amide bonds. The lowest BCUT2D eigenvalue weighted by atomic mass is 10.1. The second kappa shape index (κ2) is 6.79. The number of esters is 1. The van der Waals surface area contributed by atoms with Crippen molar-refractivity contribution in [3.8, 4) is 0 Å². The van der Waals surface area contributed by atoms with Crippen molar-refractivity contribution in [1.82, 2.24) is 4.90 Å². The van der Waals surface area contributed by atoms with E-state index < -0.39 is 0 Å². The van der Waals surface area contributed by atoms with Crippen molar-refractivity contribution in [2.75, 3.05) is 13.1 Å². The number of rotatable bonds is 5. The summed E-state index contributed by atoms with van der Waals surface area (Å²) >= 11 is 0. The molecule has 0 heterocycles. The lowest BCUT2D eigenvalue weighted by molar-refractivity contribution is -0.142. The van der Waals surface area contributed by atoms with Gasteiger partial charge in [-0.1, -0.05) is 12.1 Å². The summed E-state index contributed by atoms with van der Waals surface area (Å²) in [5, 5.41) is 0. The first-order valence-corrected chi connectivity index (χ1v) is 6.10. The Morgan fingerprint density at radius 3 is 2.44 bits per heavy atom. The van der Waals surface area contributed by atoms with E-state index in [1.807, 2.05) is 19.9 Å². The van der Waals surface area contributed by atoms with Gasteiger partial charge in [-0.05, 0) is 31.5 Å². The molecule has 0 aliphatic carbocycles. The van der Waals surface area contributed by atoms with Crippen LogP contribution in [0, 0.1) is 0 Å². The Labute approximate surface area is 108 Å². The summed E-state index contributed by atoms with van der Waals surface area (Å²) in [7, 11) is 0. The number of hydrogen-bond acceptors (Lipinski definition) is 3. The normalized spacial score (nSPS) is 9.94. The van der Waals surface area contributed by atoms with E-state index in [1.165, 1.54) is 6.92 Å². The molecule has 0 atom stereocenters. The Balaban J connectivity index is 2.81. The van der Waals surface area contributed by atoms with Crippen LogP contribution in [0.1, 0.15) is 36.7 Å². The molecule has 4 nitrogen and oxygen atoms in total. The number of carbonyl (C=O) groups excluding carboxylic acids is 2. The number of amides is 1. The van der Waals surface area contributed by atoms with Crippen LogP contribution in [-0.2, 0) is 16.1 Å². The Kier molecular flexibility index (Phi) is 5.36. The summed E-state index contributed by atoms with van der Waals surface area (Å²) in [5.41, 5.74) is 1.45. The maximum Gasteiger partial charge on any atom is 0.302 e. The average molecular weight is 249 g/mol. The fourth-order valence-electron chi connectivity index (χ4n) is 1.67. The van der Waals surface area contributed by atoms with Crippen LogP contribution in [0.15, 0.2) is 24.3 Å². The fraction of sp³-hybridized carbons (Fsp3) is 0.429. The summed E-state index contributed by atoms with van der Waals surface area (Å²) in [6.45, 7) is 6.83. The second-order valence-corrected chi connectivity index (χ2v) is 3.96. The largest absolute Gasteiger partial charge is 0.461 e. The van der Waals surface area contributed by atoms with Crippen LogP contribution in [0.2, 0.25) is 0 Å². The quantitative estimate of drug-likeness (QED) is 0.752. The molecule has 0 aliphatic rings. The molecule has 0 aliphatic heterocycles. The Morgan fingerprint density at radius 2 is 1.89 bits per heavy atom. The molecule has 0 unspecified atom stereocenters. The van der Waals surface area contributed by atoms with Crippen molar-refractivity contribution >= 4 is 11.9 Å². The Hall–Kier alpha value is -1.84. The predicted molar refractivity (Wildman–Crippen MR) is 69.2 cm³/mol. The number of nitrogens with zero attached hydrogens (tertiary/aromatic N) is 1. The number of hydrogen-bond donors (Lipinski definition) is 0. The molecule has 0 fully saturated rings. The number of ether oxygens (including phenoxy) is 1. The molecule has 0 bridgehead atoms. The van der Waals surface area contributed by atoms with Crippen molar-refractivity contribution in [3.05, 3.63) is 35.4 Å². The van der Waals surface area contributed by atoms with Gasteiger partial charge >= 0.3 is 5.97 Å². The smallest absolute Gasteiger partial charge is 0.302 e. The first-order valence-electron chi connectivity index (χ1n) is 6.10. The molecule has 18 heavy (non-hydrogen) atoms. The molecule has 1 rings (SSSR count). The zero-order valence-electron chi connectivity index (χ0n) is 11.1. The van der Waals surface area contributed by atoms with Crippen molar-refractivity contribution in [3.63, 3.8) is 0 Å². The van der Waals surface area contributed by atoms with Crippen LogP contribution in [0.5, 0.6) is 0 Å². The highest BCUT2D eigenvalue weighted by molar-refractivity contribution is 5.94. The van der Waals surface area contributed by atoms with Gasteiger partial charge in [-0.2, -0.15) is 0 Å². The fourth-order valence-corrected chi connectivity index (χ4v) is 1.67. The van der Waals surface area contributed by atoms with E-state index in [2.05, 4.69) is 0 Å². The number of benzene rings is 1. The van der Waals surface area contributed by atoms with Gasteiger partial charge in [-0.25, -0.2) is 0 Å². The minimum Gasteiger partial charge on any atom is -0.461 e. The molecule has 4 heteroatoms. The lowest BCUT2D eigenvalue weighted by Crippen LogP contribution is -2.30. The van der Waals surface area contributed by atoms with Gasteiger partial charge < -0.3 is 9.64 Å². The topological polar surface area (TPSA) is 46.6 Å². The molecule has 0 spiro atoms. The molecule has 0 saturated carbocycles. The maximum atomic E-state index is 12.1. The SMILES string of the molecule is CCN(CC)C(=O)c1cccc(COC(C)=O)c1. The summed E-state index contributed by atoms with van der Waals surface area (Å²) in [6.07, 6.45) is 0. The van der Waals surface area contributed by atoms with Crippen LogP contribution in [0.4, 0.5) is 0 Å². The van der Waals surface area contributed by atoms with Crippen LogP contribution in [-0.4, -0.2) is 29.9 Å². The van der Waals surface area contributed by atoms with E-state index in [4.69, 9.17) is 4.74 Å². The standard InChI is InChI=1S/C14H19NO3/c1-4-15(5-2)14(17)13-8-6-7-12(9-13)10-18-11(3)16/h6-9H,4-5,10H2,1-3H3. The molecular weight excluding hydrogens is 230 g/mol. The van der Waals surface area contributed by atoms with Gasteiger partial charge in [0.25, 0.3) is 5.91 Å². The number of carbonyl (C=O) groups is 2. The van der Waals surface area contributed by atoms with Crippen molar-refractivity contribution in [2.45, 2.75) is 27.4 Å². The summed E-state index contributed by atoms with van der Waals surface area (Å²) in [5.74, 6) is -0.319. The van der Waals surface area contributed by atoms with E-state index in [0.717, 1.165) is 5.56 Å². The first-order chi connectivity index (χ1) is 8.58. The highest BCUT2D eigenvalue weighted by Crippen LogP contribution is 2.09. The monoisotopic (exact) mass is 249 g/mol. The van der Waals surface area contributed by atoms with E-state index in [9.17, 15) is 9.59 Å². The van der Waals surface area contributed by atoms with Crippen LogP contribution in [0.3, 0.4) is 0 Å². The van der Waals surface area contributed by atoms with Crippen molar-refractivity contribution < 1.29 is 14.3 Å². The van der Waals surface area contributed by atoms with E-state index >= 15 is 0 Å². The van der Waals surface area contributed by atoms with Gasteiger partial charge in [0.2, 0.25) is 0 Å². The molecule has 1 aromatic carbocycles. The predicted octanol–water partition coefficient (Wildman–Crippen LogP) is 2.23. The maximum absolute atomic E-state index is 12.1. The Bertz CT molecular complexity index is 425. The minimum atomic E-state index is -0.324. The summed E-state index contributed by atoms with van der Waals surface area (Å²) in [6, 6.07) is 7.18. The van der Waals surface area contributed by atoms with Gasteiger partial charge in [0, 0.05) is 25.6 Å². The van der Waals surface area contributed by atoms with Crippen molar-refractivity contribution in [2.24, 2.45) is 0 Å². The first kappa shape index (κ1) is 14.2. The molecule has 0 saturated heterocycles. The van der Waals surface area contributed by atoms with E-state index in [0.29, 0.717) is 18.7 Å². The third-order valence-electron chi connectivity index (χ3n) is 2.67. The van der Waals surface area contributed by atoms with Gasteiger partial charge in [0.1, 0.15) is 6.61 Å². The van der Waals surface area contributed by atoms with E-state index in [-0.39, 0.29) is 18.5 Å². The molecule has 0 radical (unpaired) electrons. The molecule has 1 aromatic rings. The zero-order valence-corrected chi connectivity index (χ0v) is 11.1. The van der Waals surface area contributed by atoms with Gasteiger partial charge in [0.05, 0.1) is 0 Å². The van der Waals surface area contributed by atoms with Crippen molar-refractivity contribution in [1.29, 1.82) is 0 Å². The zero-order chi connectivity index (χ0) is 13.5. The molecular formula is C14H19NO3. The van der Waals surface area contributed by atoms with E-state index in [1.54, 1.807) is 23.1 Å². The highest BCUT2D eigenvalue weighted by atomic mass is 16.5. The summed E-state index contributed by atoms with van der Waals surface area (Å²) in [4.78, 5) is 24.6. The van der Waals surface area contributed by atoms with Crippen LogP contribution >= 0.6 is 0 Å². The Morgan fingerprint density at radius 1 is 1.22 bits per heavy atom. The summed E-state index contributed by atoms with van der Waals surface area (Å²) < 4.78 is 4.91. The highest BCUT2D eigenvalue weighted by Gasteiger charge is 2.12. The average Bonchev–Trinajstić information content (AvgIpc) is 2.38. The third-order valence-corrected chi connectivity index (χ3v) is 2.67. The molecule has 98 valence electrons. The van der Waals surface area contributed by atoms with Gasteiger partial charge in [-0.15, -0.1) is 0 Å². The van der Waals surface area contributed by atoms with Crippen LogP contribution < -0.4 is 0 Å².